The molecule has 1 aromatic heterocycles. The minimum atomic E-state index is -0.414. The maximum atomic E-state index is 11.8. The number of rotatable bonds is 2. The third-order valence-electron chi connectivity index (χ3n) is 2.29. The van der Waals surface area contributed by atoms with E-state index in [2.05, 4.69) is 10.5 Å². The van der Waals surface area contributed by atoms with Crippen LogP contribution in [0.3, 0.4) is 0 Å². The van der Waals surface area contributed by atoms with Crippen LogP contribution in [0.15, 0.2) is 28.8 Å². The second kappa shape index (κ2) is 4.59. The molecule has 0 unspecified atom stereocenters. The molecule has 0 aliphatic heterocycles. The Balaban J connectivity index is 2.20. The van der Waals surface area contributed by atoms with Crippen LogP contribution in [0.1, 0.15) is 21.8 Å². The summed E-state index contributed by atoms with van der Waals surface area (Å²) in [4.78, 5) is 11.8. The SMILES string of the molecule is Cc1cc(C(=O)Nc2ccc(C#N)cc2N)no1. The van der Waals surface area contributed by atoms with Crippen LogP contribution >= 0.6 is 0 Å². The van der Waals surface area contributed by atoms with Crippen molar-refractivity contribution in [3.05, 3.63) is 41.3 Å². The molecule has 6 nitrogen and oxygen atoms in total. The van der Waals surface area contributed by atoms with E-state index < -0.39 is 5.91 Å². The molecular weight excluding hydrogens is 232 g/mol. The van der Waals surface area contributed by atoms with Crippen LogP contribution < -0.4 is 11.1 Å². The highest BCUT2D eigenvalue weighted by atomic mass is 16.5. The molecule has 3 N–H and O–H groups in total. The third-order valence-corrected chi connectivity index (χ3v) is 2.29. The third kappa shape index (κ3) is 2.30. The van der Waals surface area contributed by atoms with Crippen molar-refractivity contribution in [2.24, 2.45) is 0 Å². The maximum absolute atomic E-state index is 11.8. The lowest BCUT2D eigenvalue weighted by Crippen LogP contribution is -2.13. The van der Waals surface area contributed by atoms with E-state index in [0.29, 0.717) is 22.7 Å². The largest absolute Gasteiger partial charge is 0.397 e. The molecule has 2 aromatic rings. The first-order chi connectivity index (χ1) is 8.60. The van der Waals surface area contributed by atoms with Crippen molar-refractivity contribution in [1.29, 1.82) is 5.26 Å². The molecule has 1 aromatic carbocycles. The van der Waals surface area contributed by atoms with Gasteiger partial charge in [-0.25, -0.2) is 0 Å². The first-order valence-corrected chi connectivity index (χ1v) is 5.14. The van der Waals surface area contributed by atoms with E-state index in [1.54, 1.807) is 19.1 Å². The monoisotopic (exact) mass is 242 g/mol. The van der Waals surface area contributed by atoms with Crippen molar-refractivity contribution in [3.8, 4) is 6.07 Å². The fourth-order valence-corrected chi connectivity index (χ4v) is 1.41. The molecule has 0 aliphatic rings. The van der Waals surface area contributed by atoms with E-state index in [4.69, 9.17) is 15.5 Å². The summed E-state index contributed by atoms with van der Waals surface area (Å²) in [5.74, 6) is 0.135. The zero-order chi connectivity index (χ0) is 13.1. The highest BCUT2D eigenvalue weighted by Crippen LogP contribution is 2.20. The molecule has 0 atom stereocenters. The summed E-state index contributed by atoms with van der Waals surface area (Å²) in [6.45, 7) is 1.69. The van der Waals surface area contributed by atoms with E-state index in [1.165, 1.54) is 12.1 Å². The number of aromatic nitrogens is 1. The number of nitrogens with one attached hydrogen (secondary N) is 1. The van der Waals surface area contributed by atoms with Crippen molar-refractivity contribution in [1.82, 2.24) is 5.16 Å². The summed E-state index contributed by atoms with van der Waals surface area (Å²) in [5, 5.41) is 14.9. The lowest BCUT2D eigenvalue weighted by atomic mass is 10.2. The van der Waals surface area contributed by atoms with Gasteiger partial charge in [0.2, 0.25) is 0 Å². The topological polar surface area (TPSA) is 105 Å². The van der Waals surface area contributed by atoms with E-state index in [9.17, 15) is 4.79 Å². The lowest BCUT2D eigenvalue weighted by molar-refractivity contribution is 0.101. The van der Waals surface area contributed by atoms with Gasteiger partial charge in [0.25, 0.3) is 5.91 Å². The lowest BCUT2D eigenvalue weighted by Gasteiger charge is -2.06. The number of benzene rings is 1. The molecule has 0 bridgehead atoms. The number of hydrogen-bond donors (Lipinski definition) is 2. The predicted molar refractivity (Wildman–Crippen MR) is 64.8 cm³/mol. The molecule has 0 saturated carbocycles. The normalized spacial score (nSPS) is 9.78. The molecule has 0 fully saturated rings. The Hall–Kier alpha value is -2.81. The van der Waals surface area contributed by atoms with E-state index in [0.717, 1.165) is 0 Å². The maximum Gasteiger partial charge on any atom is 0.277 e. The van der Waals surface area contributed by atoms with Crippen LogP contribution in [-0.2, 0) is 0 Å². The number of nitrogens with two attached hydrogens (primary N) is 1. The smallest absolute Gasteiger partial charge is 0.277 e. The van der Waals surface area contributed by atoms with Crippen molar-refractivity contribution in [3.63, 3.8) is 0 Å². The average molecular weight is 242 g/mol. The Labute approximate surface area is 103 Å². The summed E-state index contributed by atoms with van der Waals surface area (Å²) in [5.41, 5.74) is 7.08. The number of nitrogen functional groups attached to an aromatic ring is 1. The Bertz CT molecular complexity index is 640. The van der Waals surface area contributed by atoms with Gasteiger partial charge in [0, 0.05) is 6.07 Å². The van der Waals surface area contributed by atoms with Gasteiger partial charge in [0.15, 0.2) is 5.69 Å². The number of hydrogen-bond acceptors (Lipinski definition) is 5. The van der Waals surface area contributed by atoms with E-state index >= 15 is 0 Å². The van der Waals surface area contributed by atoms with Crippen molar-refractivity contribution in [2.75, 3.05) is 11.1 Å². The van der Waals surface area contributed by atoms with Crippen molar-refractivity contribution in [2.45, 2.75) is 6.92 Å². The molecule has 0 radical (unpaired) electrons. The van der Waals surface area contributed by atoms with Gasteiger partial charge in [-0.15, -0.1) is 0 Å². The summed E-state index contributed by atoms with van der Waals surface area (Å²) < 4.78 is 4.80. The fourth-order valence-electron chi connectivity index (χ4n) is 1.41. The second-order valence-corrected chi connectivity index (χ2v) is 3.69. The first kappa shape index (κ1) is 11.7. The molecule has 0 aliphatic carbocycles. The molecule has 1 heterocycles. The Morgan fingerprint density at radius 3 is 2.83 bits per heavy atom. The van der Waals surface area contributed by atoms with E-state index in [1.807, 2.05) is 6.07 Å². The summed E-state index contributed by atoms with van der Waals surface area (Å²) >= 11 is 0. The summed E-state index contributed by atoms with van der Waals surface area (Å²) in [6, 6.07) is 8.11. The molecule has 90 valence electrons. The van der Waals surface area contributed by atoms with Crippen LogP contribution in [0.2, 0.25) is 0 Å². The summed E-state index contributed by atoms with van der Waals surface area (Å²) in [6.07, 6.45) is 0. The molecular formula is C12H10N4O2. The van der Waals surface area contributed by atoms with Gasteiger partial charge in [-0.1, -0.05) is 5.16 Å². The Morgan fingerprint density at radius 2 is 2.28 bits per heavy atom. The number of carbonyl (C=O) groups is 1. The van der Waals surface area contributed by atoms with Gasteiger partial charge in [0.1, 0.15) is 5.76 Å². The van der Waals surface area contributed by atoms with Gasteiger partial charge >= 0.3 is 0 Å². The van der Waals surface area contributed by atoms with Gasteiger partial charge in [0.05, 0.1) is 23.0 Å². The molecule has 1 amide bonds. The van der Waals surface area contributed by atoms with Gasteiger partial charge in [-0.2, -0.15) is 5.26 Å². The minimum absolute atomic E-state index is 0.177. The predicted octanol–water partition coefficient (Wildman–Crippen LogP) is 1.69. The molecule has 6 heteroatoms. The van der Waals surface area contributed by atoms with Gasteiger partial charge < -0.3 is 15.6 Å². The highest BCUT2D eigenvalue weighted by Gasteiger charge is 2.12. The number of aryl methyl sites for hydroxylation is 1. The number of anilines is 2. The van der Waals surface area contributed by atoms with Gasteiger partial charge in [-0.05, 0) is 25.1 Å². The van der Waals surface area contributed by atoms with Crippen molar-refractivity contribution >= 4 is 17.3 Å². The van der Waals surface area contributed by atoms with Gasteiger partial charge in [-0.3, -0.25) is 4.79 Å². The van der Waals surface area contributed by atoms with E-state index in [-0.39, 0.29) is 5.69 Å². The highest BCUT2D eigenvalue weighted by molar-refractivity contribution is 6.04. The summed E-state index contributed by atoms with van der Waals surface area (Å²) in [7, 11) is 0. The number of nitriles is 1. The average Bonchev–Trinajstić information content (AvgIpc) is 2.78. The van der Waals surface area contributed by atoms with Crippen LogP contribution in [0.25, 0.3) is 0 Å². The fraction of sp³-hybridized carbons (Fsp3) is 0.0833. The Kier molecular flexibility index (Phi) is 2.98. The quantitative estimate of drug-likeness (QED) is 0.779. The number of nitrogens with zero attached hydrogens (tertiary/aromatic N) is 2. The Morgan fingerprint density at radius 1 is 1.50 bits per heavy atom. The van der Waals surface area contributed by atoms with Crippen LogP contribution in [-0.4, -0.2) is 11.1 Å². The van der Waals surface area contributed by atoms with Crippen molar-refractivity contribution < 1.29 is 9.32 Å². The molecule has 0 saturated heterocycles. The standard InChI is InChI=1S/C12H10N4O2/c1-7-4-11(16-18-7)12(17)15-10-3-2-8(6-13)5-9(10)14/h2-5H,14H2,1H3,(H,15,17). The van der Waals surface area contributed by atoms with Crippen LogP contribution in [0, 0.1) is 18.3 Å². The second-order valence-electron chi connectivity index (χ2n) is 3.69. The van der Waals surface area contributed by atoms with Crippen LogP contribution in [0.5, 0.6) is 0 Å². The minimum Gasteiger partial charge on any atom is -0.397 e. The number of amides is 1. The molecule has 0 spiro atoms. The zero-order valence-electron chi connectivity index (χ0n) is 9.60. The van der Waals surface area contributed by atoms with Crippen LogP contribution in [0.4, 0.5) is 11.4 Å². The first-order valence-electron chi connectivity index (χ1n) is 5.14. The number of carbonyl (C=O) groups excluding carboxylic acids is 1. The molecule has 2 rings (SSSR count). The molecule has 18 heavy (non-hydrogen) atoms. The zero-order valence-corrected chi connectivity index (χ0v) is 9.60.